The molecule has 0 fully saturated rings. The second-order valence-electron chi connectivity index (χ2n) is 5.77. The fraction of sp³-hybridized carbons (Fsp3) is 0.200. The zero-order chi connectivity index (χ0) is 19.6. The molecule has 0 radical (unpaired) electrons. The average Bonchev–Trinajstić information content (AvgIpc) is 2.98. The van der Waals surface area contributed by atoms with Crippen molar-refractivity contribution >= 4 is 51.0 Å². The molecule has 2 heterocycles. The van der Waals surface area contributed by atoms with Crippen molar-refractivity contribution < 1.29 is 9.53 Å². The van der Waals surface area contributed by atoms with E-state index in [-0.39, 0.29) is 5.78 Å². The van der Waals surface area contributed by atoms with Gasteiger partial charge in [-0.25, -0.2) is 9.98 Å². The van der Waals surface area contributed by atoms with E-state index in [2.05, 4.69) is 16.0 Å². The number of hydrogen-bond donors (Lipinski definition) is 0. The number of halogens is 1. The summed E-state index contributed by atoms with van der Waals surface area (Å²) in [5, 5.41) is 10.8. The topological polar surface area (TPSA) is 75.3 Å². The first-order chi connectivity index (χ1) is 13.0. The monoisotopic (exact) mass is 397 g/mol. The number of carbonyl (C=O) groups excluding carboxylic acids is 1. The van der Waals surface area contributed by atoms with Crippen molar-refractivity contribution in [3.05, 3.63) is 45.4 Å². The summed E-state index contributed by atoms with van der Waals surface area (Å²) in [6.07, 6.45) is 1.32. The van der Waals surface area contributed by atoms with Gasteiger partial charge in [-0.1, -0.05) is 23.7 Å². The molecule has 0 amide bonds. The number of fused-ring (bicyclic) bond motifs is 1. The Labute approximate surface area is 165 Å². The first-order valence-corrected chi connectivity index (χ1v) is 9.45. The molecular weight excluding hydrogens is 382 g/mol. The summed E-state index contributed by atoms with van der Waals surface area (Å²) in [7, 11) is 0. The molecule has 2 aromatic heterocycles. The van der Waals surface area contributed by atoms with Crippen molar-refractivity contribution in [2.24, 2.45) is 4.99 Å². The van der Waals surface area contributed by atoms with E-state index >= 15 is 0 Å². The lowest BCUT2D eigenvalue weighted by molar-refractivity contribution is 0.101. The second kappa shape index (κ2) is 7.87. The van der Waals surface area contributed by atoms with Crippen LogP contribution in [0.2, 0.25) is 5.02 Å². The highest BCUT2D eigenvalue weighted by atomic mass is 35.5. The van der Waals surface area contributed by atoms with Crippen LogP contribution in [0.25, 0.3) is 21.3 Å². The molecule has 0 aliphatic heterocycles. The van der Waals surface area contributed by atoms with Crippen LogP contribution in [-0.2, 0) is 4.74 Å². The van der Waals surface area contributed by atoms with Crippen LogP contribution in [0.1, 0.15) is 34.8 Å². The molecule has 3 aromatic rings. The lowest BCUT2D eigenvalue weighted by Gasteiger charge is -2.12. The van der Waals surface area contributed by atoms with Crippen molar-refractivity contribution in [2.75, 3.05) is 6.61 Å². The lowest BCUT2D eigenvalue weighted by atomic mass is 9.93. The van der Waals surface area contributed by atoms with Gasteiger partial charge in [-0.3, -0.25) is 4.79 Å². The largest absolute Gasteiger partial charge is 0.483 e. The average molecular weight is 398 g/mol. The Balaban J connectivity index is 2.46. The number of ketones is 1. The summed E-state index contributed by atoms with van der Waals surface area (Å²) in [6.45, 7) is 5.62. The number of benzene rings is 1. The number of nitrogens with zero attached hydrogens (tertiary/aromatic N) is 3. The van der Waals surface area contributed by atoms with Gasteiger partial charge in [0.15, 0.2) is 12.2 Å². The molecule has 0 N–H and O–H groups in total. The van der Waals surface area contributed by atoms with Gasteiger partial charge < -0.3 is 4.74 Å². The Morgan fingerprint density at radius 1 is 1.41 bits per heavy atom. The van der Waals surface area contributed by atoms with E-state index in [0.29, 0.717) is 49.2 Å². The predicted molar refractivity (Wildman–Crippen MR) is 109 cm³/mol. The van der Waals surface area contributed by atoms with Gasteiger partial charge in [-0.15, -0.1) is 11.3 Å². The number of Topliss-reactive ketones (excluding diaryl/α,β-unsaturated/α-hetero) is 1. The SMILES string of the molecule is CCOC=Nc1c(C#N)sc2nc(C)c(C(C)=O)c(-c3ccc(Cl)cc3)c12. The van der Waals surface area contributed by atoms with Crippen molar-refractivity contribution in [1.29, 1.82) is 5.26 Å². The summed E-state index contributed by atoms with van der Waals surface area (Å²) in [6, 6.07) is 9.40. The molecule has 0 saturated heterocycles. The highest BCUT2D eigenvalue weighted by Gasteiger charge is 2.24. The van der Waals surface area contributed by atoms with E-state index in [1.807, 2.05) is 19.1 Å². The van der Waals surface area contributed by atoms with Crippen LogP contribution >= 0.6 is 22.9 Å². The van der Waals surface area contributed by atoms with Gasteiger partial charge >= 0.3 is 0 Å². The highest BCUT2D eigenvalue weighted by molar-refractivity contribution is 7.20. The van der Waals surface area contributed by atoms with E-state index in [4.69, 9.17) is 16.3 Å². The van der Waals surface area contributed by atoms with Gasteiger partial charge in [0.1, 0.15) is 21.5 Å². The summed E-state index contributed by atoms with van der Waals surface area (Å²) < 4.78 is 5.22. The fourth-order valence-electron chi connectivity index (χ4n) is 2.93. The highest BCUT2D eigenvalue weighted by Crippen LogP contribution is 2.44. The van der Waals surface area contributed by atoms with Crippen LogP contribution in [0.15, 0.2) is 29.3 Å². The molecule has 5 nitrogen and oxygen atoms in total. The molecule has 3 rings (SSSR count). The van der Waals surface area contributed by atoms with Gasteiger partial charge in [0.05, 0.1) is 12.3 Å². The van der Waals surface area contributed by atoms with E-state index in [1.54, 1.807) is 19.1 Å². The van der Waals surface area contributed by atoms with Crippen molar-refractivity contribution in [3.63, 3.8) is 0 Å². The number of pyridine rings is 1. The maximum Gasteiger partial charge on any atom is 0.174 e. The third-order valence-corrected chi connectivity index (χ3v) is 5.23. The molecule has 0 aliphatic rings. The maximum atomic E-state index is 12.4. The molecule has 0 bridgehead atoms. The zero-order valence-corrected chi connectivity index (χ0v) is 16.6. The van der Waals surface area contributed by atoms with Crippen molar-refractivity contribution in [1.82, 2.24) is 4.98 Å². The smallest absolute Gasteiger partial charge is 0.174 e. The predicted octanol–water partition coefficient (Wildman–Crippen LogP) is 5.70. The van der Waals surface area contributed by atoms with Crippen LogP contribution < -0.4 is 0 Å². The number of hydrogen-bond acceptors (Lipinski definition) is 6. The number of nitriles is 1. The molecule has 1 aromatic carbocycles. The Hall–Kier alpha value is -2.75. The molecule has 0 unspecified atom stereocenters. The quantitative estimate of drug-likeness (QED) is 0.314. The standard InChI is InChI=1S/C20H16ClN3O2S/c1-4-26-10-23-19-15(9-22)27-20-18(19)17(13-5-7-14(21)8-6-13)16(12(3)25)11(2)24-20/h5-8,10H,4H2,1-3H3. The van der Waals surface area contributed by atoms with Crippen LogP contribution in [0.5, 0.6) is 0 Å². The Kier molecular flexibility index (Phi) is 5.54. The summed E-state index contributed by atoms with van der Waals surface area (Å²) in [5.41, 5.74) is 3.12. The first kappa shape index (κ1) is 19.0. The fourth-order valence-corrected chi connectivity index (χ4v) is 4.03. The number of rotatable bonds is 5. The summed E-state index contributed by atoms with van der Waals surface area (Å²) in [5.74, 6) is -0.101. The Bertz CT molecular complexity index is 1100. The number of aromatic nitrogens is 1. The van der Waals surface area contributed by atoms with Gasteiger partial charge in [-0.2, -0.15) is 5.26 Å². The van der Waals surface area contributed by atoms with Gasteiger partial charge in [0.25, 0.3) is 0 Å². The molecule has 0 atom stereocenters. The van der Waals surface area contributed by atoms with Gasteiger partial charge in [0, 0.05) is 21.5 Å². The normalized spacial score (nSPS) is 11.1. The molecule has 7 heteroatoms. The molecule has 0 spiro atoms. The number of aryl methyl sites for hydroxylation is 1. The minimum absolute atomic E-state index is 0.101. The Morgan fingerprint density at radius 3 is 2.70 bits per heavy atom. The number of carbonyl (C=O) groups is 1. The third kappa shape index (κ3) is 3.57. The summed E-state index contributed by atoms with van der Waals surface area (Å²) in [4.78, 5) is 22.4. The summed E-state index contributed by atoms with van der Waals surface area (Å²) >= 11 is 7.28. The van der Waals surface area contributed by atoms with Crippen LogP contribution in [0.3, 0.4) is 0 Å². The van der Waals surface area contributed by atoms with Gasteiger partial charge in [0.2, 0.25) is 0 Å². The van der Waals surface area contributed by atoms with E-state index < -0.39 is 0 Å². The van der Waals surface area contributed by atoms with E-state index in [1.165, 1.54) is 24.7 Å². The first-order valence-electron chi connectivity index (χ1n) is 8.26. The van der Waals surface area contributed by atoms with E-state index in [0.717, 1.165) is 5.56 Å². The minimum atomic E-state index is -0.101. The number of ether oxygens (including phenoxy) is 1. The third-order valence-electron chi connectivity index (χ3n) is 4.01. The molecule has 136 valence electrons. The van der Waals surface area contributed by atoms with Crippen LogP contribution in [-0.4, -0.2) is 23.8 Å². The van der Waals surface area contributed by atoms with E-state index in [9.17, 15) is 10.1 Å². The molecule has 27 heavy (non-hydrogen) atoms. The lowest BCUT2D eigenvalue weighted by Crippen LogP contribution is -2.03. The minimum Gasteiger partial charge on any atom is -0.483 e. The van der Waals surface area contributed by atoms with Crippen LogP contribution in [0, 0.1) is 18.3 Å². The molecule has 0 aliphatic carbocycles. The molecular formula is C20H16ClN3O2S. The Morgan fingerprint density at radius 2 is 2.11 bits per heavy atom. The van der Waals surface area contributed by atoms with Gasteiger partial charge in [-0.05, 0) is 38.5 Å². The van der Waals surface area contributed by atoms with Crippen LogP contribution in [0.4, 0.5) is 5.69 Å². The maximum absolute atomic E-state index is 12.4. The van der Waals surface area contributed by atoms with Crippen molar-refractivity contribution in [2.45, 2.75) is 20.8 Å². The zero-order valence-electron chi connectivity index (χ0n) is 15.0. The number of thiophene rings is 1. The number of aliphatic imine (C=N–C) groups is 1. The molecule has 0 saturated carbocycles. The van der Waals surface area contributed by atoms with Crippen molar-refractivity contribution in [3.8, 4) is 17.2 Å². The second-order valence-corrected chi connectivity index (χ2v) is 7.21.